The molecule has 2 aromatic rings. The van der Waals surface area contributed by atoms with Crippen molar-refractivity contribution in [2.24, 2.45) is 0 Å². The van der Waals surface area contributed by atoms with E-state index in [1.807, 2.05) is 18.2 Å². The van der Waals surface area contributed by atoms with Crippen molar-refractivity contribution < 1.29 is 17.6 Å². The number of rotatable bonds is 5. The summed E-state index contributed by atoms with van der Waals surface area (Å²) in [4.78, 5) is 14.5. The molecule has 0 saturated heterocycles. The Morgan fingerprint density at radius 2 is 1.70 bits per heavy atom. The van der Waals surface area contributed by atoms with Gasteiger partial charge in [0.2, 0.25) is 10.0 Å². The molecule has 0 aliphatic heterocycles. The number of hydrogen-bond acceptors (Lipinski definition) is 3. The van der Waals surface area contributed by atoms with Crippen molar-refractivity contribution >= 4 is 27.5 Å². The summed E-state index contributed by atoms with van der Waals surface area (Å²) in [5.74, 6) is -1.79. The first kappa shape index (κ1) is 19.8. The Kier molecular flexibility index (Phi) is 6.14. The first-order valence-corrected chi connectivity index (χ1v) is 10.7. The summed E-state index contributed by atoms with van der Waals surface area (Å²) >= 11 is 5.93. The van der Waals surface area contributed by atoms with E-state index in [2.05, 4.69) is 10.3 Å². The molecule has 0 heterocycles. The van der Waals surface area contributed by atoms with Crippen LogP contribution in [0.2, 0.25) is 5.02 Å². The second-order valence-electron chi connectivity index (χ2n) is 6.55. The van der Waals surface area contributed by atoms with Crippen LogP contribution in [0, 0.1) is 5.82 Å². The van der Waals surface area contributed by atoms with E-state index in [9.17, 15) is 17.6 Å². The molecule has 0 atom stereocenters. The van der Waals surface area contributed by atoms with Gasteiger partial charge in [0.1, 0.15) is 0 Å². The van der Waals surface area contributed by atoms with E-state index in [1.54, 1.807) is 12.1 Å². The number of halogens is 2. The zero-order valence-electron chi connectivity index (χ0n) is 14.5. The van der Waals surface area contributed by atoms with Gasteiger partial charge in [0.25, 0.3) is 5.91 Å². The minimum atomic E-state index is -3.71. The van der Waals surface area contributed by atoms with Crippen LogP contribution in [0.4, 0.5) is 4.39 Å². The Balaban J connectivity index is 1.79. The zero-order chi connectivity index (χ0) is 19.4. The average molecular weight is 411 g/mol. The molecule has 1 amide bonds. The van der Waals surface area contributed by atoms with Crippen molar-refractivity contribution in [3.63, 3.8) is 0 Å². The predicted molar refractivity (Wildman–Crippen MR) is 103 cm³/mol. The fraction of sp³-hybridized carbons (Fsp3) is 0.316. The van der Waals surface area contributed by atoms with Gasteiger partial charge in [-0.25, -0.2) is 12.8 Å². The van der Waals surface area contributed by atoms with Gasteiger partial charge in [-0.15, -0.1) is 4.83 Å². The molecule has 2 aromatic carbocycles. The second kappa shape index (κ2) is 8.37. The topological polar surface area (TPSA) is 75.3 Å². The summed E-state index contributed by atoms with van der Waals surface area (Å²) in [6, 6.07) is 11.8. The van der Waals surface area contributed by atoms with Gasteiger partial charge in [0.15, 0.2) is 5.82 Å². The fourth-order valence-corrected chi connectivity index (χ4v) is 4.77. The molecule has 144 valence electrons. The molecule has 27 heavy (non-hydrogen) atoms. The fourth-order valence-electron chi connectivity index (χ4n) is 3.20. The Labute approximate surface area is 162 Å². The van der Waals surface area contributed by atoms with Gasteiger partial charge in [0.05, 0.1) is 15.8 Å². The summed E-state index contributed by atoms with van der Waals surface area (Å²) in [6.45, 7) is 0. The lowest BCUT2D eigenvalue weighted by molar-refractivity contribution is 0.0941. The molecule has 0 radical (unpaired) electrons. The van der Waals surface area contributed by atoms with Gasteiger partial charge in [-0.3, -0.25) is 10.2 Å². The number of carbonyl (C=O) groups excluding carboxylic acids is 1. The Bertz CT molecular complexity index is 929. The Hall–Kier alpha value is -1.96. The second-order valence-corrected chi connectivity index (χ2v) is 8.91. The van der Waals surface area contributed by atoms with Crippen molar-refractivity contribution in [3.05, 3.63) is 58.9 Å². The molecule has 1 aliphatic carbocycles. The van der Waals surface area contributed by atoms with Crippen LogP contribution >= 0.6 is 11.6 Å². The summed E-state index contributed by atoms with van der Waals surface area (Å²) in [6.07, 6.45) is 3.78. The molecule has 1 fully saturated rings. The van der Waals surface area contributed by atoms with Crippen molar-refractivity contribution in [2.75, 3.05) is 0 Å². The van der Waals surface area contributed by atoms with E-state index in [0.717, 1.165) is 24.8 Å². The summed E-state index contributed by atoms with van der Waals surface area (Å²) in [5, 5.41) is -0.757. The molecule has 2 N–H and O–H groups in total. The van der Waals surface area contributed by atoms with Crippen LogP contribution in [0.25, 0.3) is 11.1 Å². The lowest BCUT2D eigenvalue weighted by Crippen LogP contribution is -2.46. The van der Waals surface area contributed by atoms with Crippen molar-refractivity contribution in [2.45, 2.75) is 37.4 Å². The molecule has 0 aromatic heterocycles. The highest BCUT2D eigenvalue weighted by Gasteiger charge is 2.28. The lowest BCUT2D eigenvalue weighted by atomic mass is 10.0. The third-order valence-electron chi connectivity index (χ3n) is 4.68. The predicted octanol–water partition coefficient (Wildman–Crippen LogP) is 4.04. The van der Waals surface area contributed by atoms with Gasteiger partial charge in [-0.2, -0.15) is 0 Å². The first-order chi connectivity index (χ1) is 12.9. The standard InChI is InChI=1S/C19H20ClFN2O3S/c20-17-12-14(13-7-3-1-4-8-13)11-16(18(17)21)19(24)22-23-27(25,26)15-9-5-2-6-10-15/h1,3-4,7-8,11-12,15,23H,2,5-6,9-10H2,(H,22,24). The van der Waals surface area contributed by atoms with E-state index in [0.29, 0.717) is 18.4 Å². The van der Waals surface area contributed by atoms with E-state index in [4.69, 9.17) is 11.6 Å². The van der Waals surface area contributed by atoms with Gasteiger partial charge >= 0.3 is 0 Å². The quantitative estimate of drug-likeness (QED) is 0.730. The van der Waals surface area contributed by atoms with E-state index in [1.165, 1.54) is 12.1 Å². The molecule has 0 spiro atoms. The number of hydrazine groups is 1. The van der Waals surface area contributed by atoms with E-state index in [-0.39, 0.29) is 10.6 Å². The van der Waals surface area contributed by atoms with Crippen LogP contribution < -0.4 is 10.3 Å². The first-order valence-electron chi connectivity index (χ1n) is 8.74. The Morgan fingerprint density at radius 3 is 2.37 bits per heavy atom. The van der Waals surface area contributed by atoms with Crippen LogP contribution in [0.3, 0.4) is 0 Å². The van der Waals surface area contributed by atoms with Crippen LogP contribution in [0.5, 0.6) is 0 Å². The molecule has 0 unspecified atom stereocenters. The minimum absolute atomic E-state index is 0.211. The van der Waals surface area contributed by atoms with Gasteiger partial charge in [-0.05, 0) is 36.1 Å². The third kappa shape index (κ3) is 4.66. The number of carbonyl (C=O) groups is 1. The maximum Gasteiger partial charge on any atom is 0.269 e. The third-order valence-corrected chi connectivity index (χ3v) is 6.69. The summed E-state index contributed by atoms with van der Waals surface area (Å²) in [7, 11) is -3.71. The maximum atomic E-state index is 14.4. The SMILES string of the molecule is O=C(NNS(=O)(=O)C1CCCCC1)c1cc(-c2ccccc2)cc(Cl)c1F. The molecule has 5 nitrogen and oxygen atoms in total. The van der Waals surface area contributed by atoms with E-state index < -0.39 is 27.0 Å². The van der Waals surface area contributed by atoms with Gasteiger partial charge < -0.3 is 0 Å². The van der Waals surface area contributed by atoms with E-state index >= 15 is 0 Å². The normalized spacial score (nSPS) is 15.5. The van der Waals surface area contributed by atoms with Gasteiger partial charge in [-0.1, -0.05) is 61.2 Å². The van der Waals surface area contributed by atoms with Gasteiger partial charge in [0, 0.05) is 0 Å². The monoisotopic (exact) mass is 410 g/mol. The number of sulfonamides is 1. The van der Waals surface area contributed by atoms with Crippen LogP contribution in [0.1, 0.15) is 42.5 Å². The number of benzene rings is 2. The van der Waals surface area contributed by atoms with Crippen LogP contribution in [-0.2, 0) is 10.0 Å². The van der Waals surface area contributed by atoms with Crippen molar-refractivity contribution in [1.29, 1.82) is 0 Å². The highest BCUT2D eigenvalue weighted by atomic mass is 35.5. The van der Waals surface area contributed by atoms with Crippen molar-refractivity contribution in [3.8, 4) is 11.1 Å². The highest BCUT2D eigenvalue weighted by Crippen LogP contribution is 2.28. The van der Waals surface area contributed by atoms with Crippen LogP contribution in [0.15, 0.2) is 42.5 Å². The maximum absolute atomic E-state index is 14.4. The smallest absolute Gasteiger partial charge is 0.269 e. The molecule has 1 saturated carbocycles. The summed E-state index contributed by atoms with van der Waals surface area (Å²) in [5.41, 5.74) is 3.10. The number of hydrogen-bond donors (Lipinski definition) is 2. The lowest BCUT2D eigenvalue weighted by Gasteiger charge is -2.22. The van der Waals surface area contributed by atoms with Crippen molar-refractivity contribution in [1.82, 2.24) is 10.3 Å². The largest absolute Gasteiger partial charge is 0.274 e. The molecular weight excluding hydrogens is 391 g/mol. The minimum Gasteiger partial charge on any atom is -0.274 e. The number of amides is 1. The Morgan fingerprint density at radius 1 is 1.04 bits per heavy atom. The highest BCUT2D eigenvalue weighted by molar-refractivity contribution is 7.90. The molecule has 0 bridgehead atoms. The van der Waals surface area contributed by atoms with Crippen LogP contribution in [-0.4, -0.2) is 19.6 Å². The summed E-state index contributed by atoms with van der Waals surface area (Å²) < 4.78 is 39.0. The number of nitrogens with one attached hydrogen (secondary N) is 2. The zero-order valence-corrected chi connectivity index (χ0v) is 16.1. The molecule has 8 heteroatoms. The average Bonchev–Trinajstić information content (AvgIpc) is 2.69. The molecule has 3 rings (SSSR count). The molecular formula is C19H20ClFN2O3S. The molecule has 1 aliphatic rings.